The van der Waals surface area contributed by atoms with Gasteiger partial charge in [-0.25, -0.2) is 0 Å². The number of hydrogen-bond acceptors (Lipinski definition) is 1. The molecule has 1 saturated heterocycles. The van der Waals surface area contributed by atoms with Gasteiger partial charge < -0.3 is 5.32 Å². The zero-order valence-electron chi connectivity index (χ0n) is 10.1. The van der Waals surface area contributed by atoms with E-state index < -0.39 is 0 Å². The first kappa shape index (κ1) is 13.0. The third kappa shape index (κ3) is 4.12. The van der Waals surface area contributed by atoms with E-state index in [2.05, 4.69) is 12.2 Å². The number of piperidine rings is 1. The molecule has 0 aromatic rings. The fourth-order valence-corrected chi connectivity index (χ4v) is 2.02. The van der Waals surface area contributed by atoms with E-state index in [1.165, 1.54) is 32.4 Å². The Balaban J connectivity index is 0.000000322. The quantitative estimate of drug-likeness (QED) is 0.609. The van der Waals surface area contributed by atoms with E-state index >= 15 is 0 Å². The van der Waals surface area contributed by atoms with Crippen molar-refractivity contribution in [2.45, 2.75) is 53.9 Å². The number of nitrogens with one attached hydrogen (secondary N) is 1. The summed E-state index contributed by atoms with van der Waals surface area (Å²) in [5.74, 6) is 0.932. The summed E-state index contributed by atoms with van der Waals surface area (Å²) in [4.78, 5) is 0. The second kappa shape index (κ2) is 6.42. The molecule has 1 atom stereocenters. The average Bonchev–Trinajstić information content (AvgIpc) is 2.91. The van der Waals surface area contributed by atoms with E-state index in [0.717, 1.165) is 11.3 Å². The van der Waals surface area contributed by atoms with Crippen LogP contribution in [-0.2, 0) is 0 Å². The third-order valence-corrected chi connectivity index (χ3v) is 2.73. The molecule has 1 aliphatic heterocycles. The fraction of sp³-hybridized carbons (Fsp3) is 1.00. The molecule has 2 aliphatic rings. The monoisotopic (exact) mass is 185 g/mol. The molecule has 0 amide bonds. The van der Waals surface area contributed by atoms with E-state index in [1.54, 1.807) is 0 Å². The van der Waals surface area contributed by atoms with Gasteiger partial charge in [0.1, 0.15) is 0 Å². The van der Waals surface area contributed by atoms with Crippen molar-refractivity contribution in [2.24, 2.45) is 11.3 Å². The van der Waals surface area contributed by atoms with Crippen molar-refractivity contribution >= 4 is 0 Å². The molecule has 0 bridgehead atoms. The highest BCUT2D eigenvalue weighted by Gasteiger charge is 2.44. The lowest BCUT2D eigenvalue weighted by Crippen LogP contribution is -2.36. The van der Waals surface area contributed by atoms with Crippen molar-refractivity contribution in [1.29, 1.82) is 0 Å². The second-order valence-corrected chi connectivity index (χ2v) is 3.94. The molecular formula is C12H27N. The maximum Gasteiger partial charge on any atom is 0.000804 e. The molecule has 1 nitrogen and oxygen atoms in total. The van der Waals surface area contributed by atoms with E-state index in [4.69, 9.17) is 0 Å². The summed E-state index contributed by atoms with van der Waals surface area (Å²) in [5, 5.41) is 3.49. The van der Waals surface area contributed by atoms with Gasteiger partial charge in [0.15, 0.2) is 0 Å². The van der Waals surface area contributed by atoms with E-state index in [-0.39, 0.29) is 0 Å². The Morgan fingerprint density at radius 2 is 1.62 bits per heavy atom. The summed E-state index contributed by atoms with van der Waals surface area (Å²) < 4.78 is 0. The zero-order valence-corrected chi connectivity index (χ0v) is 10.1. The normalized spacial score (nSPS) is 27.9. The van der Waals surface area contributed by atoms with Crippen LogP contribution in [0.2, 0.25) is 0 Å². The van der Waals surface area contributed by atoms with Crippen LogP contribution in [0.5, 0.6) is 0 Å². The number of hydrogen-bond donors (Lipinski definition) is 1. The maximum atomic E-state index is 3.49. The zero-order chi connectivity index (χ0) is 10.3. The van der Waals surface area contributed by atoms with Crippen molar-refractivity contribution in [1.82, 2.24) is 5.32 Å². The van der Waals surface area contributed by atoms with Gasteiger partial charge in [-0.1, -0.05) is 34.6 Å². The first-order valence-electron chi connectivity index (χ1n) is 6.02. The smallest absolute Gasteiger partial charge is 0.000804 e. The molecule has 0 aromatic heterocycles. The van der Waals surface area contributed by atoms with Crippen LogP contribution in [0.25, 0.3) is 0 Å². The first-order valence-corrected chi connectivity index (χ1v) is 6.02. The van der Waals surface area contributed by atoms with Crippen molar-refractivity contribution in [2.75, 3.05) is 13.1 Å². The Bertz CT molecular complexity index is 116. The Morgan fingerprint density at radius 1 is 1.08 bits per heavy atom. The van der Waals surface area contributed by atoms with Gasteiger partial charge in [0.2, 0.25) is 0 Å². The molecule has 1 heterocycles. The molecule has 0 aromatic carbocycles. The van der Waals surface area contributed by atoms with Crippen molar-refractivity contribution in [3.63, 3.8) is 0 Å². The van der Waals surface area contributed by atoms with Gasteiger partial charge in [-0.05, 0) is 37.1 Å². The Labute approximate surface area is 84.3 Å². The summed E-state index contributed by atoms with van der Waals surface area (Å²) in [6.07, 6.45) is 4.47. The summed E-state index contributed by atoms with van der Waals surface area (Å²) in [5.41, 5.74) is 0.789. The molecule has 2 rings (SSSR count). The van der Waals surface area contributed by atoms with E-state index in [1.807, 2.05) is 27.7 Å². The Kier molecular flexibility index (Phi) is 6.40. The SMILES string of the molecule is CC.CC.CC1CNCC2(CC2)C1. The lowest BCUT2D eigenvalue weighted by molar-refractivity contribution is 0.284. The molecule has 1 spiro atoms. The van der Waals surface area contributed by atoms with E-state index in [0.29, 0.717) is 0 Å². The molecule has 1 saturated carbocycles. The van der Waals surface area contributed by atoms with Gasteiger partial charge in [-0.15, -0.1) is 0 Å². The van der Waals surface area contributed by atoms with Crippen molar-refractivity contribution < 1.29 is 0 Å². The van der Waals surface area contributed by atoms with Gasteiger partial charge >= 0.3 is 0 Å². The molecule has 13 heavy (non-hydrogen) atoms. The van der Waals surface area contributed by atoms with Crippen LogP contribution in [0.15, 0.2) is 0 Å². The van der Waals surface area contributed by atoms with Crippen LogP contribution in [0.3, 0.4) is 0 Å². The van der Waals surface area contributed by atoms with Crippen LogP contribution in [0.1, 0.15) is 53.9 Å². The highest BCUT2D eigenvalue weighted by Crippen LogP contribution is 2.51. The van der Waals surface area contributed by atoms with Crippen LogP contribution in [-0.4, -0.2) is 13.1 Å². The summed E-state index contributed by atoms with van der Waals surface area (Å²) in [6.45, 7) is 12.9. The minimum absolute atomic E-state index is 0.789. The summed E-state index contributed by atoms with van der Waals surface area (Å²) in [7, 11) is 0. The van der Waals surface area contributed by atoms with Gasteiger partial charge in [0.25, 0.3) is 0 Å². The van der Waals surface area contributed by atoms with Crippen LogP contribution in [0.4, 0.5) is 0 Å². The average molecular weight is 185 g/mol. The van der Waals surface area contributed by atoms with Gasteiger partial charge in [-0.3, -0.25) is 0 Å². The highest BCUT2D eigenvalue weighted by atomic mass is 14.9. The highest BCUT2D eigenvalue weighted by molar-refractivity contribution is 4.98. The van der Waals surface area contributed by atoms with E-state index in [9.17, 15) is 0 Å². The van der Waals surface area contributed by atoms with Crippen LogP contribution >= 0.6 is 0 Å². The second-order valence-electron chi connectivity index (χ2n) is 3.94. The topological polar surface area (TPSA) is 12.0 Å². The predicted molar refractivity (Wildman–Crippen MR) is 61.0 cm³/mol. The largest absolute Gasteiger partial charge is 0.316 e. The first-order chi connectivity index (χ1) is 6.31. The molecule has 1 N–H and O–H groups in total. The Morgan fingerprint density at radius 3 is 1.92 bits per heavy atom. The molecule has 1 aliphatic carbocycles. The minimum Gasteiger partial charge on any atom is -0.316 e. The summed E-state index contributed by atoms with van der Waals surface area (Å²) in [6, 6.07) is 0. The molecule has 80 valence electrons. The lowest BCUT2D eigenvalue weighted by atomic mass is 9.89. The van der Waals surface area contributed by atoms with Gasteiger partial charge in [-0.2, -0.15) is 0 Å². The molecule has 1 heteroatoms. The minimum atomic E-state index is 0.789. The van der Waals surface area contributed by atoms with Crippen molar-refractivity contribution in [3.8, 4) is 0 Å². The van der Waals surface area contributed by atoms with Crippen molar-refractivity contribution in [3.05, 3.63) is 0 Å². The summed E-state index contributed by atoms with van der Waals surface area (Å²) >= 11 is 0. The van der Waals surface area contributed by atoms with Gasteiger partial charge in [0.05, 0.1) is 0 Å². The van der Waals surface area contributed by atoms with Crippen LogP contribution in [0, 0.1) is 11.3 Å². The Hall–Kier alpha value is -0.0400. The van der Waals surface area contributed by atoms with Gasteiger partial charge in [0, 0.05) is 6.54 Å². The molecular weight excluding hydrogens is 158 g/mol. The molecule has 1 unspecified atom stereocenters. The fourth-order valence-electron chi connectivity index (χ4n) is 2.02. The number of rotatable bonds is 0. The predicted octanol–water partition coefficient (Wildman–Crippen LogP) is 3.45. The standard InChI is InChI=1S/C8H15N.2C2H6/c1-7-4-8(2-3-8)6-9-5-7;2*1-2/h7,9H,2-6H2,1H3;2*1-2H3. The maximum absolute atomic E-state index is 3.49. The third-order valence-electron chi connectivity index (χ3n) is 2.73. The lowest BCUT2D eigenvalue weighted by Gasteiger charge is -2.27. The molecule has 0 radical (unpaired) electrons. The van der Waals surface area contributed by atoms with Crippen LogP contribution < -0.4 is 5.32 Å². The molecule has 2 fully saturated rings.